The molecule has 1 aliphatic carbocycles. The second-order valence-corrected chi connectivity index (χ2v) is 7.88. The molecule has 0 aromatic carbocycles. The summed E-state index contributed by atoms with van der Waals surface area (Å²) >= 11 is 0. The average molecular weight is 306 g/mol. The fraction of sp³-hybridized carbons (Fsp3) is 0.929. The maximum Gasteiger partial charge on any atom is 0.344 e. The molecule has 0 aliphatic heterocycles. The largest absolute Gasteiger partial charge is 0.344 e. The zero-order valence-electron chi connectivity index (χ0n) is 13.3. The lowest BCUT2D eigenvalue weighted by Crippen LogP contribution is -2.55. The molecular formula is C14H29NO4P+. The van der Waals surface area contributed by atoms with Crippen molar-refractivity contribution in [3.8, 4) is 0 Å². The Morgan fingerprint density at radius 3 is 2.05 bits per heavy atom. The topological polar surface area (TPSA) is 52.6 Å². The van der Waals surface area contributed by atoms with Crippen LogP contribution in [-0.2, 0) is 18.4 Å². The normalized spacial score (nSPS) is 18.2. The molecule has 0 N–H and O–H groups in total. The molecule has 0 aromatic heterocycles. The van der Waals surface area contributed by atoms with Crippen LogP contribution in [-0.4, -0.2) is 49.9 Å². The molecule has 118 valence electrons. The van der Waals surface area contributed by atoms with Gasteiger partial charge in [-0.1, -0.05) is 6.42 Å². The average Bonchev–Trinajstić information content (AvgIpc) is 2.40. The summed E-state index contributed by atoms with van der Waals surface area (Å²) in [5, 5.41) is 0. The molecule has 1 rings (SSSR count). The number of carbonyl (C=O) groups is 1. The van der Waals surface area contributed by atoms with Gasteiger partial charge in [-0.15, -0.1) is 0 Å². The minimum absolute atomic E-state index is 0.0536. The summed E-state index contributed by atoms with van der Waals surface area (Å²) in [6.45, 7) is 4.11. The Morgan fingerprint density at radius 2 is 1.60 bits per heavy atom. The minimum Gasteiger partial charge on any atom is -0.308 e. The van der Waals surface area contributed by atoms with Gasteiger partial charge in [0, 0.05) is 0 Å². The highest BCUT2D eigenvalue weighted by Gasteiger charge is 2.41. The molecule has 1 fully saturated rings. The minimum atomic E-state index is -3.29. The van der Waals surface area contributed by atoms with Crippen LogP contribution in [0.5, 0.6) is 0 Å². The van der Waals surface area contributed by atoms with Crippen molar-refractivity contribution in [1.82, 2.24) is 0 Å². The Morgan fingerprint density at radius 1 is 1.10 bits per heavy atom. The number of carbonyl (C=O) groups excluding carboxylic acids is 1. The molecular weight excluding hydrogens is 277 g/mol. The molecule has 1 saturated carbocycles. The van der Waals surface area contributed by atoms with E-state index in [1.165, 1.54) is 19.3 Å². The van der Waals surface area contributed by atoms with E-state index in [9.17, 15) is 9.36 Å². The predicted molar refractivity (Wildman–Crippen MR) is 79.7 cm³/mol. The molecule has 0 heterocycles. The van der Waals surface area contributed by atoms with Crippen LogP contribution in [0.25, 0.3) is 0 Å². The van der Waals surface area contributed by atoms with Crippen molar-refractivity contribution in [3.63, 3.8) is 0 Å². The number of amides is 1. The molecule has 0 unspecified atom stereocenters. The van der Waals surface area contributed by atoms with Crippen LogP contribution in [0.3, 0.4) is 0 Å². The van der Waals surface area contributed by atoms with E-state index < -0.39 is 7.60 Å². The lowest BCUT2D eigenvalue weighted by Gasteiger charge is -2.38. The Bertz CT molecular complexity index is 354. The van der Waals surface area contributed by atoms with Gasteiger partial charge in [0.2, 0.25) is 0 Å². The molecule has 1 amide bonds. The molecule has 0 aromatic rings. The van der Waals surface area contributed by atoms with Gasteiger partial charge in [-0.3, -0.25) is 9.05 Å². The molecule has 0 bridgehead atoms. The van der Waals surface area contributed by atoms with Gasteiger partial charge in [0.15, 0.2) is 6.16 Å². The number of quaternary nitrogens is 1. The number of hydrogen-bond acceptors (Lipinski definition) is 4. The second kappa shape index (κ2) is 7.69. The number of rotatable bonds is 7. The summed E-state index contributed by atoms with van der Waals surface area (Å²) in [7, 11) is 0.546. The molecule has 0 atom stereocenters. The van der Waals surface area contributed by atoms with E-state index in [2.05, 4.69) is 0 Å². The van der Waals surface area contributed by atoms with Crippen LogP contribution in [0, 0.1) is 0 Å². The van der Waals surface area contributed by atoms with Gasteiger partial charge in [-0.05, 0) is 39.5 Å². The molecule has 5 nitrogen and oxygen atoms in total. The number of nitrogens with zero attached hydrogens (tertiary/aromatic N) is 1. The Kier molecular flexibility index (Phi) is 6.86. The van der Waals surface area contributed by atoms with E-state index in [4.69, 9.17) is 9.05 Å². The fourth-order valence-corrected chi connectivity index (χ4v) is 4.54. The van der Waals surface area contributed by atoms with Crippen LogP contribution < -0.4 is 0 Å². The summed E-state index contributed by atoms with van der Waals surface area (Å²) in [6.07, 6.45) is 5.60. The smallest absolute Gasteiger partial charge is 0.308 e. The first kappa shape index (κ1) is 17.8. The predicted octanol–water partition coefficient (Wildman–Crippen LogP) is 3.19. The van der Waals surface area contributed by atoms with Gasteiger partial charge in [0.25, 0.3) is 0 Å². The SMILES string of the molecule is CCOP(=O)(CC(=O)[N+](C)(C)C1CCCCC1)OCC. The van der Waals surface area contributed by atoms with Crippen molar-refractivity contribution in [3.05, 3.63) is 0 Å². The third-order valence-corrected chi connectivity index (χ3v) is 6.07. The van der Waals surface area contributed by atoms with E-state index >= 15 is 0 Å². The summed E-state index contributed by atoms with van der Waals surface area (Å²) in [4.78, 5) is 12.6. The molecule has 6 heteroatoms. The first-order valence-electron chi connectivity index (χ1n) is 7.61. The second-order valence-electron chi connectivity index (χ2n) is 5.83. The van der Waals surface area contributed by atoms with E-state index in [1.807, 2.05) is 14.1 Å². The van der Waals surface area contributed by atoms with Gasteiger partial charge in [-0.25, -0.2) is 4.79 Å². The van der Waals surface area contributed by atoms with E-state index in [0.717, 1.165) is 12.8 Å². The third kappa shape index (κ3) is 4.66. The van der Waals surface area contributed by atoms with Crippen LogP contribution in [0.15, 0.2) is 0 Å². The number of hydrogen-bond donors (Lipinski definition) is 0. The van der Waals surface area contributed by atoms with Crippen LogP contribution in [0.4, 0.5) is 0 Å². The Hall–Kier alpha value is -0.220. The summed E-state index contributed by atoms with van der Waals surface area (Å²) in [5.74, 6) is -0.0536. The van der Waals surface area contributed by atoms with Crippen molar-refractivity contribution < 1.29 is 22.9 Å². The van der Waals surface area contributed by atoms with E-state index in [1.54, 1.807) is 13.8 Å². The van der Waals surface area contributed by atoms with E-state index in [-0.39, 0.29) is 16.6 Å². The first-order valence-corrected chi connectivity index (χ1v) is 9.33. The zero-order valence-corrected chi connectivity index (χ0v) is 14.2. The maximum absolute atomic E-state index is 12.6. The van der Waals surface area contributed by atoms with Crippen LogP contribution in [0.1, 0.15) is 46.0 Å². The summed E-state index contributed by atoms with van der Waals surface area (Å²) < 4.78 is 23.2. The van der Waals surface area contributed by atoms with Gasteiger partial charge < -0.3 is 9.05 Å². The van der Waals surface area contributed by atoms with Crippen LogP contribution in [0.2, 0.25) is 0 Å². The summed E-state index contributed by atoms with van der Waals surface area (Å²) in [6, 6.07) is 0.327. The quantitative estimate of drug-likeness (QED) is 0.535. The van der Waals surface area contributed by atoms with Crippen molar-refractivity contribution >= 4 is 13.5 Å². The van der Waals surface area contributed by atoms with E-state index in [0.29, 0.717) is 19.3 Å². The lowest BCUT2D eigenvalue weighted by atomic mass is 9.93. The van der Waals surface area contributed by atoms with Crippen molar-refractivity contribution in [1.29, 1.82) is 0 Å². The van der Waals surface area contributed by atoms with Crippen molar-refractivity contribution in [2.75, 3.05) is 33.5 Å². The standard InChI is InChI=1S/C14H29NO4P/c1-5-18-20(17,19-6-2)12-14(16)15(3,4)13-10-8-7-9-11-13/h13H,5-12H2,1-4H3/q+1. The molecule has 0 saturated heterocycles. The zero-order chi connectivity index (χ0) is 15.2. The maximum atomic E-state index is 12.6. The van der Waals surface area contributed by atoms with Gasteiger partial charge in [-0.2, -0.15) is 0 Å². The molecule has 0 spiro atoms. The van der Waals surface area contributed by atoms with Crippen molar-refractivity contribution in [2.45, 2.75) is 52.0 Å². The monoisotopic (exact) mass is 306 g/mol. The highest BCUT2D eigenvalue weighted by Crippen LogP contribution is 2.48. The molecule has 20 heavy (non-hydrogen) atoms. The fourth-order valence-electron chi connectivity index (χ4n) is 2.80. The Labute approximate surface area is 122 Å². The van der Waals surface area contributed by atoms with Gasteiger partial charge in [0.1, 0.15) is 0 Å². The highest BCUT2D eigenvalue weighted by molar-refractivity contribution is 7.54. The van der Waals surface area contributed by atoms with Gasteiger partial charge in [0.05, 0.1) is 33.4 Å². The Balaban J connectivity index is 2.73. The highest BCUT2D eigenvalue weighted by atomic mass is 31.2. The third-order valence-electron chi connectivity index (χ3n) is 4.11. The van der Waals surface area contributed by atoms with Crippen molar-refractivity contribution in [2.24, 2.45) is 0 Å². The molecule has 1 aliphatic rings. The lowest BCUT2D eigenvalue weighted by molar-refractivity contribution is -0.841. The molecule has 0 radical (unpaired) electrons. The summed E-state index contributed by atoms with van der Waals surface area (Å²) in [5.41, 5.74) is 0. The van der Waals surface area contributed by atoms with Gasteiger partial charge >= 0.3 is 13.5 Å². The van der Waals surface area contributed by atoms with Crippen LogP contribution >= 0.6 is 7.60 Å². The first-order chi connectivity index (χ1) is 9.35.